The average Bonchev–Trinajstić information content (AvgIpc) is 2.97. The van der Waals surface area contributed by atoms with Gasteiger partial charge in [-0.3, -0.25) is 0 Å². The summed E-state index contributed by atoms with van der Waals surface area (Å²) in [5, 5.41) is 72.0. The highest BCUT2D eigenvalue weighted by molar-refractivity contribution is 5.85. The summed E-state index contributed by atoms with van der Waals surface area (Å²) in [5.41, 5.74) is 2.29. The highest BCUT2D eigenvalue weighted by atomic mass is 16.7. The molecule has 1 aliphatic rings. The molecule has 1 saturated heterocycles. The number of aliphatic carboxylic acids is 1. The van der Waals surface area contributed by atoms with E-state index < -0.39 is 67.5 Å². The third-order valence-corrected chi connectivity index (χ3v) is 8.90. The molecule has 0 bridgehead atoms. The molecule has 0 aromatic rings. The van der Waals surface area contributed by atoms with Crippen molar-refractivity contribution in [3.05, 3.63) is 46.6 Å². The quantitative estimate of drug-likeness (QED) is 0.0915. The summed E-state index contributed by atoms with van der Waals surface area (Å²) in [6, 6.07) is 0. The summed E-state index contributed by atoms with van der Waals surface area (Å²) < 4.78 is 11.9. The molecule has 0 aromatic heterocycles. The Bertz CT molecular complexity index is 1050. The highest BCUT2D eigenvalue weighted by Crippen LogP contribution is 2.30. The van der Waals surface area contributed by atoms with E-state index in [4.69, 9.17) is 14.6 Å². The zero-order valence-corrected chi connectivity index (χ0v) is 28.8. The Labute approximate surface area is 269 Å². The van der Waals surface area contributed by atoms with Crippen LogP contribution in [0.15, 0.2) is 46.6 Å². The first-order chi connectivity index (χ1) is 20.9. The second-order valence-electron chi connectivity index (χ2n) is 13.3. The smallest absolute Gasteiger partial charge is 0.330 e. The summed E-state index contributed by atoms with van der Waals surface area (Å²) in [6.07, 6.45) is -0.160. The summed E-state index contributed by atoms with van der Waals surface area (Å²) in [5.74, 6) is -1.42. The summed E-state index contributed by atoms with van der Waals surface area (Å²) in [4.78, 5) is 11.2. The average molecular weight is 641 g/mol. The van der Waals surface area contributed by atoms with E-state index in [0.29, 0.717) is 17.1 Å². The molecule has 0 saturated carbocycles. The van der Waals surface area contributed by atoms with Crippen LogP contribution < -0.4 is 0 Å². The zero-order valence-electron chi connectivity index (χ0n) is 28.8. The molecule has 7 N–H and O–H groups in total. The fourth-order valence-corrected chi connectivity index (χ4v) is 5.97. The number of aliphatic hydroxyl groups is 6. The Morgan fingerprint density at radius 3 is 1.78 bits per heavy atom. The topological polar surface area (TPSA) is 177 Å². The van der Waals surface area contributed by atoms with E-state index >= 15 is 0 Å². The van der Waals surface area contributed by atoms with Gasteiger partial charge in [-0.2, -0.15) is 0 Å². The minimum absolute atomic E-state index is 0.147. The molecule has 0 amide bonds. The lowest BCUT2D eigenvalue weighted by Crippen LogP contribution is -2.60. The van der Waals surface area contributed by atoms with Crippen LogP contribution in [0, 0.1) is 29.6 Å². The SMILES string of the molecule is CC[C@H](C)C[C@H](C)/C=C(\C)[C@@H](O[C@@H]1O[C@H](CO)[C@@H](O)[C@H](O)[C@@H]1O)[C@@H](C)/C=C(\C)[C@@H](O)[C@@H](C)/C=C(\C)[C@@H](O)[C@@H](C)/C=C(\C)C(=O)O. The standard InChI is InChI=1S/C35H60O10/c1-11-18(2)12-19(3)13-24(8)33(45-35-32(41)31(40)30(39)27(17-36)44-35)25(9)15-22(6)28(37)20(4)14-21(5)29(38)23(7)16-26(10)34(42)43/h13-16,18-20,23,25,27-33,35-41H,11-12,17H2,1-10H3,(H,42,43)/b21-14+,22-15+,24-13+,26-16+/t18-,19-,20-,23-,25-,27+,28-,29+,30+,31-,32-,33+,35-/m0/s1. The van der Waals surface area contributed by atoms with Gasteiger partial charge < -0.3 is 45.2 Å². The Morgan fingerprint density at radius 1 is 0.778 bits per heavy atom. The van der Waals surface area contributed by atoms with Crippen LogP contribution in [0.25, 0.3) is 0 Å². The van der Waals surface area contributed by atoms with Gasteiger partial charge in [0.05, 0.1) is 24.9 Å². The van der Waals surface area contributed by atoms with Crippen LogP contribution in [-0.4, -0.2) is 97.3 Å². The van der Waals surface area contributed by atoms with Gasteiger partial charge in [0.25, 0.3) is 0 Å². The van der Waals surface area contributed by atoms with E-state index in [1.165, 1.54) is 13.0 Å². The van der Waals surface area contributed by atoms with Crippen molar-refractivity contribution in [2.75, 3.05) is 6.61 Å². The molecule has 13 atom stereocenters. The van der Waals surface area contributed by atoms with Gasteiger partial charge in [-0.15, -0.1) is 0 Å². The molecule has 1 aliphatic heterocycles. The number of carbonyl (C=O) groups is 1. The molecule has 10 nitrogen and oxygen atoms in total. The van der Waals surface area contributed by atoms with Crippen molar-refractivity contribution in [2.45, 2.75) is 131 Å². The summed E-state index contributed by atoms with van der Waals surface area (Å²) in [7, 11) is 0. The Kier molecular flexibility index (Phi) is 17.4. The first kappa shape index (κ1) is 41.1. The molecular weight excluding hydrogens is 580 g/mol. The third kappa shape index (κ3) is 12.3. The molecule has 1 fully saturated rings. The molecule has 0 aliphatic carbocycles. The molecule has 45 heavy (non-hydrogen) atoms. The van der Waals surface area contributed by atoms with Gasteiger partial charge in [0.2, 0.25) is 0 Å². The lowest BCUT2D eigenvalue weighted by atomic mass is 9.87. The Balaban J connectivity index is 3.30. The van der Waals surface area contributed by atoms with E-state index in [9.17, 15) is 35.4 Å². The van der Waals surface area contributed by atoms with E-state index in [1.807, 2.05) is 26.8 Å². The van der Waals surface area contributed by atoms with Crippen molar-refractivity contribution >= 4 is 5.97 Å². The molecule has 0 radical (unpaired) electrons. The number of allylic oxidation sites excluding steroid dienone is 1. The number of ether oxygens (including phenoxy) is 2. The van der Waals surface area contributed by atoms with Gasteiger partial charge in [0.1, 0.15) is 24.4 Å². The normalized spacial score (nSPS) is 29.4. The van der Waals surface area contributed by atoms with Gasteiger partial charge >= 0.3 is 5.97 Å². The summed E-state index contributed by atoms with van der Waals surface area (Å²) >= 11 is 0. The maximum Gasteiger partial charge on any atom is 0.330 e. The minimum Gasteiger partial charge on any atom is -0.478 e. The maximum atomic E-state index is 11.2. The van der Waals surface area contributed by atoms with E-state index in [0.717, 1.165) is 18.4 Å². The fourth-order valence-electron chi connectivity index (χ4n) is 5.97. The number of hydrogen-bond acceptors (Lipinski definition) is 9. The molecule has 10 heteroatoms. The van der Waals surface area contributed by atoms with Crippen LogP contribution in [0.1, 0.15) is 82.1 Å². The van der Waals surface area contributed by atoms with E-state index in [2.05, 4.69) is 26.8 Å². The number of carboxylic acid groups (broad SMARTS) is 1. The van der Waals surface area contributed by atoms with Crippen LogP contribution in [0.3, 0.4) is 0 Å². The van der Waals surface area contributed by atoms with Crippen LogP contribution in [-0.2, 0) is 14.3 Å². The predicted molar refractivity (Wildman–Crippen MR) is 174 cm³/mol. The Hall–Kier alpha value is -1.89. The van der Waals surface area contributed by atoms with Gasteiger partial charge in [0.15, 0.2) is 6.29 Å². The van der Waals surface area contributed by atoms with Crippen molar-refractivity contribution in [1.82, 2.24) is 0 Å². The lowest BCUT2D eigenvalue weighted by molar-refractivity contribution is -0.310. The largest absolute Gasteiger partial charge is 0.478 e. The molecule has 1 rings (SSSR count). The van der Waals surface area contributed by atoms with Crippen molar-refractivity contribution in [1.29, 1.82) is 0 Å². The van der Waals surface area contributed by atoms with Crippen LogP contribution in [0.4, 0.5) is 0 Å². The second-order valence-corrected chi connectivity index (χ2v) is 13.3. The van der Waals surface area contributed by atoms with Crippen molar-refractivity contribution in [2.24, 2.45) is 29.6 Å². The number of hydrogen-bond donors (Lipinski definition) is 7. The minimum atomic E-state index is -1.57. The molecule has 1 heterocycles. The monoisotopic (exact) mass is 640 g/mol. The fraction of sp³-hybridized carbons (Fsp3) is 0.743. The number of carboxylic acids is 1. The second kappa shape index (κ2) is 19.1. The first-order valence-corrected chi connectivity index (χ1v) is 16.1. The van der Waals surface area contributed by atoms with Crippen molar-refractivity contribution in [3.8, 4) is 0 Å². The zero-order chi connectivity index (χ0) is 34.8. The van der Waals surface area contributed by atoms with Gasteiger partial charge in [0, 0.05) is 23.3 Å². The van der Waals surface area contributed by atoms with Crippen molar-refractivity contribution in [3.63, 3.8) is 0 Å². The van der Waals surface area contributed by atoms with E-state index in [1.54, 1.807) is 26.8 Å². The molecule has 0 aromatic carbocycles. The van der Waals surface area contributed by atoms with Crippen molar-refractivity contribution < 1.29 is 50.0 Å². The molecule has 0 spiro atoms. The molecule has 0 unspecified atom stereocenters. The van der Waals surface area contributed by atoms with Crippen LogP contribution in [0.5, 0.6) is 0 Å². The lowest BCUT2D eigenvalue weighted by Gasteiger charge is -2.41. The Morgan fingerprint density at radius 2 is 1.29 bits per heavy atom. The number of aliphatic hydroxyl groups excluding tert-OH is 6. The van der Waals surface area contributed by atoms with Gasteiger partial charge in [-0.25, -0.2) is 4.79 Å². The van der Waals surface area contributed by atoms with Crippen LogP contribution >= 0.6 is 0 Å². The summed E-state index contributed by atoms with van der Waals surface area (Å²) in [6.45, 7) is 18.3. The molecule has 260 valence electrons. The molecular formula is C35H60O10. The van der Waals surface area contributed by atoms with Gasteiger partial charge in [-0.1, -0.05) is 72.3 Å². The van der Waals surface area contributed by atoms with Crippen LogP contribution in [0.2, 0.25) is 0 Å². The number of rotatable bonds is 17. The highest BCUT2D eigenvalue weighted by Gasteiger charge is 2.45. The third-order valence-electron chi connectivity index (χ3n) is 8.90. The first-order valence-electron chi connectivity index (χ1n) is 16.1. The predicted octanol–water partition coefficient (Wildman–Crippen LogP) is 3.74. The van der Waals surface area contributed by atoms with Gasteiger partial charge in [-0.05, 0) is 62.7 Å². The van der Waals surface area contributed by atoms with E-state index in [-0.39, 0.29) is 23.3 Å². The maximum absolute atomic E-state index is 11.2.